The van der Waals surface area contributed by atoms with Gasteiger partial charge in [0.05, 0.1) is 0 Å². The average Bonchev–Trinajstić information content (AvgIpc) is 2.89. The number of urea groups is 1. The number of carbonyl (C=O) groups excluding carboxylic acids is 2. The van der Waals surface area contributed by atoms with Crippen LogP contribution < -0.4 is 10.1 Å². The molecule has 2 aromatic rings. The quantitative estimate of drug-likeness (QED) is 0.492. The predicted octanol–water partition coefficient (Wildman–Crippen LogP) is 3.48. The highest BCUT2D eigenvalue weighted by Gasteiger charge is 2.32. The fourth-order valence-electron chi connectivity index (χ4n) is 2.54. The molecule has 3 amide bonds. The third-order valence-corrected chi connectivity index (χ3v) is 3.78. The van der Waals surface area contributed by atoms with Crippen molar-refractivity contribution in [3.63, 3.8) is 0 Å². The van der Waals surface area contributed by atoms with Crippen LogP contribution in [0.3, 0.4) is 0 Å². The lowest BCUT2D eigenvalue weighted by atomic mass is 10.1. The number of nitrogens with zero attached hydrogens (tertiary/aromatic N) is 1. The summed E-state index contributed by atoms with van der Waals surface area (Å²) >= 11 is 0. The Hall–Kier alpha value is -3.41. The average molecular weight is 352 g/mol. The molecule has 0 spiro atoms. The Labute approximate surface area is 150 Å². The first kappa shape index (κ1) is 17.4. The monoisotopic (exact) mass is 352 g/mol. The summed E-state index contributed by atoms with van der Waals surface area (Å²) in [5, 5.41) is 2.54. The summed E-state index contributed by atoms with van der Waals surface area (Å²) in [5.74, 6) is -0.230. The molecule has 26 heavy (non-hydrogen) atoms. The van der Waals surface area contributed by atoms with Crippen LogP contribution in [0.5, 0.6) is 5.75 Å². The van der Waals surface area contributed by atoms with Gasteiger partial charge in [-0.3, -0.25) is 9.69 Å². The highest BCUT2D eigenvalue weighted by atomic mass is 19.1. The van der Waals surface area contributed by atoms with E-state index >= 15 is 0 Å². The summed E-state index contributed by atoms with van der Waals surface area (Å²) in [6.45, 7) is 3.86. The number of imide groups is 1. The van der Waals surface area contributed by atoms with Crippen molar-refractivity contribution < 1.29 is 18.7 Å². The van der Waals surface area contributed by atoms with Gasteiger partial charge >= 0.3 is 6.03 Å². The van der Waals surface area contributed by atoms with Crippen molar-refractivity contribution in [1.29, 1.82) is 0 Å². The van der Waals surface area contributed by atoms with E-state index in [1.807, 2.05) is 0 Å². The molecule has 1 fully saturated rings. The van der Waals surface area contributed by atoms with Gasteiger partial charge in [0, 0.05) is 12.1 Å². The molecule has 1 aliphatic heterocycles. The Kier molecular flexibility index (Phi) is 5.12. The van der Waals surface area contributed by atoms with E-state index < -0.39 is 11.9 Å². The van der Waals surface area contributed by atoms with Crippen molar-refractivity contribution in [3.05, 3.63) is 83.8 Å². The van der Waals surface area contributed by atoms with Gasteiger partial charge in [-0.1, -0.05) is 36.4 Å². The van der Waals surface area contributed by atoms with Crippen LogP contribution in [-0.4, -0.2) is 23.4 Å². The van der Waals surface area contributed by atoms with Crippen molar-refractivity contribution in [3.8, 4) is 5.75 Å². The molecule has 3 rings (SSSR count). The number of amides is 3. The van der Waals surface area contributed by atoms with Gasteiger partial charge in [0.2, 0.25) is 0 Å². The van der Waals surface area contributed by atoms with E-state index in [9.17, 15) is 14.0 Å². The molecule has 0 aromatic heterocycles. The molecule has 0 unspecified atom stereocenters. The van der Waals surface area contributed by atoms with E-state index in [1.54, 1.807) is 42.5 Å². The second kappa shape index (κ2) is 7.65. The van der Waals surface area contributed by atoms with Crippen LogP contribution >= 0.6 is 0 Å². The molecule has 1 aliphatic rings. The van der Waals surface area contributed by atoms with Crippen LogP contribution in [0.1, 0.15) is 11.1 Å². The number of benzene rings is 2. The smallest absolute Gasteiger partial charge is 0.329 e. The number of hydrogen-bond acceptors (Lipinski definition) is 3. The minimum absolute atomic E-state index is 0.139. The predicted molar refractivity (Wildman–Crippen MR) is 95.6 cm³/mol. The molecule has 1 saturated heterocycles. The standard InChI is InChI=1S/C20H17FN2O3/c1-2-10-23-19(24)17(22-20(23)25)12-15-7-3-4-9-18(15)26-13-14-6-5-8-16(21)11-14/h2-9,11-12H,1,10,13H2,(H,22,25)/b17-12+. The van der Waals surface area contributed by atoms with Crippen molar-refractivity contribution >= 4 is 18.0 Å². The maximum atomic E-state index is 13.3. The molecule has 5 nitrogen and oxygen atoms in total. The zero-order chi connectivity index (χ0) is 18.5. The first-order valence-corrected chi connectivity index (χ1v) is 8.00. The number of carbonyl (C=O) groups is 2. The van der Waals surface area contributed by atoms with Gasteiger partial charge in [-0.2, -0.15) is 0 Å². The molecule has 132 valence electrons. The Bertz CT molecular complexity index is 892. The Morgan fingerprint density at radius 2 is 1.96 bits per heavy atom. The first-order chi connectivity index (χ1) is 12.6. The Morgan fingerprint density at radius 1 is 1.15 bits per heavy atom. The second-order valence-electron chi connectivity index (χ2n) is 5.65. The lowest BCUT2D eigenvalue weighted by Crippen LogP contribution is -2.30. The van der Waals surface area contributed by atoms with Gasteiger partial charge in [0.1, 0.15) is 23.9 Å². The van der Waals surface area contributed by atoms with Crippen molar-refractivity contribution in [1.82, 2.24) is 10.2 Å². The SMILES string of the molecule is C=CCN1C(=O)N/C(=C/c2ccccc2OCc2cccc(F)c2)C1=O. The number of rotatable bonds is 6. The summed E-state index contributed by atoms with van der Waals surface area (Å²) < 4.78 is 19.0. The van der Waals surface area contributed by atoms with E-state index in [0.29, 0.717) is 16.9 Å². The van der Waals surface area contributed by atoms with E-state index in [0.717, 1.165) is 4.90 Å². The van der Waals surface area contributed by atoms with Gasteiger partial charge < -0.3 is 10.1 Å². The fraction of sp³-hybridized carbons (Fsp3) is 0.100. The summed E-state index contributed by atoms with van der Waals surface area (Å²) in [7, 11) is 0. The zero-order valence-corrected chi connectivity index (χ0v) is 13.9. The number of ether oxygens (including phenoxy) is 1. The number of hydrogen-bond donors (Lipinski definition) is 1. The third kappa shape index (κ3) is 3.80. The van der Waals surface area contributed by atoms with E-state index in [2.05, 4.69) is 11.9 Å². The van der Waals surface area contributed by atoms with Crippen molar-refractivity contribution in [2.24, 2.45) is 0 Å². The maximum Gasteiger partial charge on any atom is 0.329 e. The van der Waals surface area contributed by atoms with Crippen LogP contribution in [0, 0.1) is 5.82 Å². The zero-order valence-electron chi connectivity index (χ0n) is 13.9. The minimum Gasteiger partial charge on any atom is -0.488 e. The molecule has 0 aliphatic carbocycles. The van der Waals surface area contributed by atoms with E-state index in [4.69, 9.17) is 4.74 Å². The highest BCUT2D eigenvalue weighted by molar-refractivity contribution is 6.14. The number of halogens is 1. The van der Waals surface area contributed by atoms with E-state index in [-0.39, 0.29) is 24.7 Å². The third-order valence-electron chi connectivity index (χ3n) is 3.78. The van der Waals surface area contributed by atoms with Gasteiger partial charge in [0.15, 0.2) is 0 Å². The summed E-state index contributed by atoms with van der Waals surface area (Å²) in [6, 6.07) is 12.8. The lowest BCUT2D eigenvalue weighted by molar-refractivity contribution is -0.122. The van der Waals surface area contributed by atoms with Gasteiger partial charge in [-0.15, -0.1) is 6.58 Å². The first-order valence-electron chi connectivity index (χ1n) is 8.00. The van der Waals surface area contributed by atoms with Gasteiger partial charge in [0.25, 0.3) is 5.91 Å². The fourth-order valence-corrected chi connectivity index (χ4v) is 2.54. The summed E-state index contributed by atoms with van der Waals surface area (Å²) in [5.41, 5.74) is 1.49. The van der Waals surface area contributed by atoms with E-state index in [1.165, 1.54) is 18.2 Å². The second-order valence-corrected chi connectivity index (χ2v) is 5.65. The van der Waals surface area contributed by atoms with Crippen LogP contribution in [0.25, 0.3) is 6.08 Å². The topological polar surface area (TPSA) is 58.6 Å². The van der Waals surface area contributed by atoms with Crippen LogP contribution in [0.15, 0.2) is 66.9 Å². The molecule has 6 heteroatoms. The van der Waals surface area contributed by atoms with Crippen molar-refractivity contribution in [2.45, 2.75) is 6.61 Å². The Balaban J connectivity index is 1.80. The molecule has 0 saturated carbocycles. The maximum absolute atomic E-state index is 13.3. The molecular formula is C20H17FN2O3. The largest absolute Gasteiger partial charge is 0.488 e. The molecule has 1 heterocycles. The summed E-state index contributed by atoms with van der Waals surface area (Å²) in [6.07, 6.45) is 3.04. The number of para-hydroxylation sites is 1. The molecule has 2 aromatic carbocycles. The summed E-state index contributed by atoms with van der Waals surface area (Å²) in [4.78, 5) is 25.2. The molecule has 1 N–H and O–H groups in total. The van der Waals surface area contributed by atoms with Crippen molar-refractivity contribution in [2.75, 3.05) is 6.54 Å². The minimum atomic E-state index is -0.487. The van der Waals surface area contributed by atoms with Crippen LogP contribution in [0.2, 0.25) is 0 Å². The van der Waals surface area contributed by atoms with Crippen LogP contribution in [0.4, 0.5) is 9.18 Å². The normalized spacial score (nSPS) is 15.3. The van der Waals surface area contributed by atoms with Gasteiger partial charge in [-0.05, 0) is 29.8 Å². The Morgan fingerprint density at radius 3 is 2.73 bits per heavy atom. The van der Waals surface area contributed by atoms with Crippen LogP contribution in [-0.2, 0) is 11.4 Å². The molecule has 0 bridgehead atoms. The number of nitrogens with one attached hydrogen (secondary N) is 1. The molecular weight excluding hydrogens is 335 g/mol. The highest BCUT2D eigenvalue weighted by Crippen LogP contribution is 2.23. The molecule has 0 atom stereocenters. The molecule has 0 radical (unpaired) electrons. The van der Waals surface area contributed by atoms with Gasteiger partial charge in [-0.25, -0.2) is 9.18 Å². The lowest BCUT2D eigenvalue weighted by Gasteiger charge is -2.10.